The van der Waals surface area contributed by atoms with Crippen LogP contribution in [0.3, 0.4) is 0 Å². The molecule has 0 aliphatic carbocycles. The Morgan fingerprint density at radius 3 is 2.67 bits per heavy atom. The summed E-state index contributed by atoms with van der Waals surface area (Å²) in [6.45, 7) is 3.90. The maximum Gasteiger partial charge on any atom is 0.338 e. The smallest absolute Gasteiger partial charge is 0.338 e. The zero-order valence-electron chi connectivity index (χ0n) is 10.4. The second-order valence-corrected chi connectivity index (χ2v) is 3.86. The first-order chi connectivity index (χ1) is 8.54. The van der Waals surface area contributed by atoms with Crippen LogP contribution in [0.25, 0.3) is 0 Å². The van der Waals surface area contributed by atoms with Crippen molar-refractivity contribution in [1.29, 1.82) is 0 Å². The Bertz CT molecular complexity index is 413. The van der Waals surface area contributed by atoms with Crippen LogP contribution in [0, 0.1) is 0 Å². The van der Waals surface area contributed by atoms with Gasteiger partial charge in [0, 0.05) is 17.6 Å². The van der Waals surface area contributed by atoms with E-state index >= 15 is 0 Å². The molecule has 1 saturated heterocycles. The Hall–Kier alpha value is -1.88. The second-order valence-electron chi connectivity index (χ2n) is 3.86. The number of carboxylic acids is 1. The summed E-state index contributed by atoms with van der Waals surface area (Å²) >= 11 is 0. The van der Waals surface area contributed by atoms with Crippen LogP contribution in [0.2, 0.25) is 0 Å². The molecule has 1 N–H and O–H groups in total. The van der Waals surface area contributed by atoms with Crippen molar-refractivity contribution in [2.75, 3.05) is 6.61 Å². The van der Waals surface area contributed by atoms with Crippen molar-refractivity contribution in [1.82, 2.24) is 0 Å². The number of ether oxygens (including phenoxy) is 2. The van der Waals surface area contributed by atoms with Crippen molar-refractivity contribution in [3.63, 3.8) is 0 Å². The van der Waals surface area contributed by atoms with E-state index in [0.29, 0.717) is 18.6 Å². The van der Waals surface area contributed by atoms with Gasteiger partial charge in [-0.3, -0.25) is 0 Å². The summed E-state index contributed by atoms with van der Waals surface area (Å²) in [4.78, 5) is 22.1. The number of esters is 1. The number of carbonyl (C=O) groups excluding carboxylic acids is 1. The van der Waals surface area contributed by atoms with E-state index in [4.69, 9.17) is 14.6 Å². The molecule has 18 heavy (non-hydrogen) atoms. The number of carbonyl (C=O) groups is 2. The normalized spacial score (nSPS) is 20.0. The number of hydrogen-bond donors (Lipinski definition) is 1. The van der Waals surface area contributed by atoms with Crippen LogP contribution < -0.4 is 0 Å². The summed E-state index contributed by atoms with van der Waals surface area (Å²) in [5, 5.41) is 8.59. The number of rotatable bonds is 6. The Balaban J connectivity index is 2.41. The maximum absolute atomic E-state index is 11.6. The third-order valence-corrected chi connectivity index (χ3v) is 2.40. The van der Waals surface area contributed by atoms with Gasteiger partial charge in [-0.1, -0.05) is 6.08 Å². The van der Waals surface area contributed by atoms with E-state index in [1.54, 1.807) is 13.0 Å². The van der Waals surface area contributed by atoms with Gasteiger partial charge < -0.3 is 14.6 Å². The lowest BCUT2D eigenvalue weighted by Crippen LogP contribution is -2.06. The van der Waals surface area contributed by atoms with E-state index in [1.165, 1.54) is 25.3 Å². The van der Waals surface area contributed by atoms with Gasteiger partial charge in [0.1, 0.15) is 0 Å². The predicted molar refractivity (Wildman–Crippen MR) is 64.7 cm³/mol. The van der Waals surface area contributed by atoms with Gasteiger partial charge in [-0.05, 0) is 26.0 Å². The fourth-order valence-electron chi connectivity index (χ4n) is 1.18. The van der Waals surface area contributed by atoms with Crippen LogP contribution in [0.5, 0.6) is 0 Å². The van der Waals surface area contributed by atoms with Crippen LogP contribution >= 0.6 is 0 Å². The fraction of sp³-hybridized carbons (Fsp3) is 0.385. The minimum atomic E-state index is -1.01. The number of allylic oxidation sites excluding steroid dienone is 3. The molecule has 0 bridgehead atoms. The maximum atomic E-state index is 11.6. The van der Waals surface area contributed by atoms with Gasteiger partial charge in [0.15, 0.2) is 0 Å². The lowest BCUT2D eigenvalue weighted by Gasteiger charge is -2.01. The summed E-state index contributed by atoms with van der Waals surface area (Å²) in [5.41, 5.74) is 0.723. The number of hydrogen-bond acceptors (Lipinski definition) is 4. The molecule has 0 spiro atoms. The van der Waals surface area contributed by atoms with Crippen LogP contribution in [0.15, 0.2) is 35.6 Å². The second kappa shape index (κ2) is 6.76. The van der Waals surface area contributed by atoms with Gasteiger partial charge in [-0.2, -0.15) is 0 Å². The van der Waals surface area contributed by atoms with Crippen molar-refractivity contribution >= 4 is 11.9 Å². The molecule has 1 rings (SSSR count). The van der Waals surface area contributed by atoms with Gasteiger partial charge in [0.05, 0.1) is 19.0 Å². The van der Waals surface area contributed by atoms with Gasteiger partial charge >= 0.3 is 11.9 Å². The number of carboxylic acid groups (broad SMARTS) is 1. The molecule has 1 fully saturated rings. The van der Waals surface area contributed by atoms with E-state index < -0.39 is 11.9 Å². The third kappa shape index (κ3) is 4.97. The molecule has 98 valence electrons. The highest BCUT2D eigenvalue weighted by Crippen LogP contribution is 2.19. The molecule has 0 aromatic carbocycles. The van der Waals surface area contributed by atoms with E-state index in [1.807, 2.05) is 0 Å². The van der Waals surface area contributed by atoms with Crippen molar-refractivity contribution in [3.05, 3.63) is 35.6 Å². The predicted octanol–water partition coefficient (Wildman–Crippen LogP) is 1.81. The van der Waals surface area contributed by atoms with Crippen molar-refractivity contribution in [2.45, 2.75) is 26.4 Å². The quantitative estimate of drug-likeness (QED) is 0.256. The zero-order chi connectivity index (χ0) is 13.5. The number of epoxide rings is 1. The zero-order valence-corrected chi connectivity index (χ0v) is 10.4. The first-order valence-electron chi connectivity index (χ1n) is 5.59. The summed E-state index contributed by atoms with van der Waals surface area (Å²) in [5.74, 6) is -1.45. The van der Waals surface area contributed by atoms with E-state index in [9.17, 15) is 9.59 Å². The van der Waals surface area contributed by atoms with Crippen LogP contribution in [0.1, 0.15) is 20.3 Å². The Kier molecular flexibility index (Phi) is 5.32. The molecule has 0 radical (unpaired) electrons. The minimum absolute atomic E-state index is 0.127. The summed E-state index contributed by atoms with van der Waals surface area (Å²) in [6.07, 6.45) is 6.27. The average molecular weight is 252 g/mol. The Labute approximate surface area is 105 Å². The first kappa shape index (κ1) is 14.2. The molecule has 1 heterocycles. The largest absolute Gasteiger partial charge is 0.478 e. The molecule has 1 unspecified atom stereocenters. The van der Waals surface area contributed by atoms with Gasteiger partial charge in [-0.15, -0.1) is 0 Å². The molecule has 0 aromatic heterocycles. The van der Waals surface area contributed by atoms with Gasteiger partial charge in [0.2, 0.25) is 0 Å². The minimum Gasteiger partial charge on any atom is -0.478 e. The monoisotopic (exact) mass is 252 g/mol. The lowest BCUT2D eigenvalue weighted by atomic mass is 10.1. The topological polar surface area (TPSA) is 76.1 Å². The first-order valence-corrected chi connectivity index (χ1v) is 5.59. The van der Waals surface area contributed by atoms with E-state index in [0.717, 1.165) is 0 Å². The summed E-state index contributed by atoms with van der Waals surface area (Å²) < 4.78 is 9.91. The Morgan fingerprint density at radius 2 is 2.17 bits per heavy atom. The summed E-state index contributed by atoms with van der Waals surface area (Å²) in [7, 11) is 0. The molecule has 0 saturated carbocycles. The highest BCUT2D eigenvalue weighted by molar-refractivity contribution is 5.89. The highest BCUT2D eigenvalue weighted by Gasteiger charge is 2.26. The van der Waals surface area contributed by atoms with Crippen molar-refractivity contribution in [2.24, 2.45) is 0 Å². The highest BCUT2D eigenvalue weighted by atomic mass is 16.6. The Morgan fingerprint density at radius 1 is 1.50 bits per heavy atom. The van der Waals surface area contributed by atoms with Gasteiger partial charge in [0.25, 0.3) is 0 Å². The molecular weight excluding hydrogens is 236 g/mol. The molecule has 1 aliphatic heterocycles. The van der Waals surface area contributed by atoms with Crippen LogP contribution in [-0.4, -0.2) is 29.8 Å². The summed E-state index contributed by atoms with van der Waals surface area (Å²) in [6, 6.07) is 0. The van der Waals surface area contributed by atoms with Crippen molar-refractivity contribution in [3.8, 4) is 0 Å². The fourth-order valence-corrected chi connectivity index (χ4v) is 1.18. The molecule has 0 aromatic rings. The van der Waals surface area contributed by atoms with Gasteiger partial charge in [-0.25, -0.2) is 9.59 Å². The van der Waals surface area contributed by atoms with Crippen LogP contribution in [-0.2, 0) is 19.1 Å². The van der Waals surface area contributed by atoms with E-state index in [2.05, 4.69) is 0 Å². The lowest BCUT2D eigenvalue weighted by molar-refractivity contribution is -0.134. The van der Waals surface area contributed by atoms with Crippen molar-refractivity contribution < 1.29 is 24.2 Å². The molecule has 5 nitrogen and oxygen atoms in total. The molecule has 1 aliphatic rings. The molecule has 5 heteroatoms. The standard InChI is InChI=1S/C13H16O5/c1-3-10(7-11-8-18-11)13(16)17-6-4-5-9(2)12(14)15/h3-6,11H,7-8H2,1-2H3,(H,14,15). The molecular formula is C13H16O5. The van der Waals surface area contributed by atoms with E-state index in [-0.39, 0.29) is 11.7 Å². The average Bonchev–Trinajstić information content (AvgIpc) is 3.14. The van der Waals surface area contributed by atoms with Crippen LogP contribution in [0.4, 0.5) is 0 Å². The molecule has 1 atom stereocenters. The number of aliphatic carboxylic acids is 1. The third-order valence-electron chi connectivity index (χ3n) is 2.40. The SMILES string of the molecule is CC=C(CC1CO1)C(=O)OC=CC=C(C)C(=O)O. The molecule has 0 amide bonds.